The monoisotopic (exact) mass is 233 g/mol. The number of hydrogen-bond acceptors (Lipinski definition) is 5. The number of anilines is 1. The largest absolute Gasteiger partial charge is 0.508 e. The SMILES string of the molecule is Cc1ccc(NC(=O)Cn2cnnn2)cc1O. The van der Waals surface area contributed by atoms with Crippen molar-refractivity contribution >= 4 is 11.6 Å². The lowest BCUT2D eigenvalue weighted by molar-refractivity contribution is -0.116. The van der Waals surface area contributed by atoms with Gasteiger partial charge in [-0.3, -0.25) is 4.79 Å². The first-order chi connectivity index (χ1) is 8.15. The number of phenolic OH excluding ortho intramolecular Hbond substituents is 1. The van der Waals surface area contributed by atoms with Crippen molar-refractivity contribution in [3.8, 4) is 5.75 Å². The van der Waals surface area contributed by atoms with E-state index in [9.17, 15) is 9.90 Å². The van der Waals surface area contributed by atoms with Gasteiger partial charge in [-0.25, -0.2) is 4.68 Å². The van der Waals surface area contributed by atoms with Crippen LogP contribution in [0.5, 0.6) is 5.75 Å². The second-order valence-electron chi connectivity index (χ2n) is 3.56. The van der Waals surface area contributed by atoms with Gasteiger partial charge in [-0.05, 0) is 29.0 Å². The van der Waals surface area contributed by atoms with Gasteiger partial charge in [0.05, 0.1) is 0 Å². The number of nitrogens with zero attached hydrogens (tertiary/aromatic N) is 4. The van der Waals surface area contributed by atoms with Crippen LogP contribution in [0.3, 0.4) is 0 Å². The van der Waals surface area contributed by atoms with E-state index in [4.69, 9.17) is 0 Å². The van der Waals surface area contributed by atoms with E-state index < -0.39 is 0 Å². The number of tetrazole rings is 1. The summed E-state index contributed by atoms with van der Waals surface area (Å²) < 4.78 is 1.31. The molecule has 17 heavy (non-hydrogen) atoms. The number of phenols is 1. The van der Waals surface area contributed by atoms with Crippen LogP contribution in [-0.2, 0) is 11.3 Å². The van der Waals surface area contributed by atoms with Crippen molar-refractivity contribution in [2.24, 2.45) is 0 Å². The molecular weight excluding hydrogens is 222 g/mol. The average Bonchev–Trinajstić information content (AvgIpc) is 2.76. The Morgan fingerprint density at radius 3 is 3.00 bits per heavy atom. The molecule has 1 aromatic carbocycles. The number of benzene rings is 1. The van der Waals surface area contributed by atoms with E-state index in [1.54, 1.807) is 19.1 Å². The summed E-state index contributed by atoms with van der Waals surface area (Å²) in [7, 11) is 0. The summed E-state index contributed by atoms with van der Waals surface area (Å²) in [6, 6.07) is 4.93. The lowest BCUT2D eigenvalue weighted by atomic mass is 10.2. The minimum Gasteiger partial charge on any atom is -0.508 e. The zero-order valence-corrected chi connectivity index (χ0v) is 9.16. The van der Waals surface area contributed by atoms with Gasteiger partial charge < -0.3 is 10.4 Å². The molecule has 2 rings (SSSR count). The molecule has 0 saturated carbocycles. The van der Waals surface area contributed by atoms with Crippen LogP contribution in [0, 0.1) is 6.92 Å². The van der Waals surface area contributed by atoms with Crippen LogP contribution < -0.4 is 5.32 Å². The van der Waals surface area contributed by atoms with Gasteiger partial charge in [-0.15, -0.1) is 5.10 Å². The van der Waals surface area contributed by atoms with Gasteiger partial charge >= 0.3 is 0 Å². The van der Waals surface area contributed by atoms with Crippen LogP contribution in [0.2, 0.25) is 0 Å². The Bertz CT molecular complexity index is 523. The lowest BCUT2D eigenvalue weighted by Gasteiger charge is -2.06. The summed E-state index contributed by atoms with van der Waals surface area (Å²) in [6.07, 6.45) is 1.35. The van der Waals surface area contributed by atoms with Gasteiger partial charge in [0.2, 0.25) is 5.91 Å². The van der Waals surface area contributed by atoms with Gasteiger partial charge in [0.15, 0.2) is 0 Å². The van der Waals surface area contributed by atoms with E-state index in [1.165, 1.54) is 17.1 Å². The summed E-state index contributed by atoms with van der Waals surface area (Å²) in [4.78, 5) is 11.6. The third-order valence-corrected chi connectivity index (χ3v) is 2.19. The number of rotatable bonds is 3. The summed E-state index contributed by atoms with van der Waals surface area (Å²) in [5.74, 6) is -0.120. The summed E-state index contributed by atoms with van der Waals surface area (Å²) in [6.45, 7) is 1.81. The Labute approximate surface area is 97.1 Å². The maximum absolute atomic E-state index is 11.6. The van der Waals surface area contributed by atoms with Crippen LogP contribution in [0.4, 0.5) is 5.69 Å². The molecule has 0 radical (unpaired) electrons. The Kier molecular flexibility index (Phi) is 2.99. The van der Waals surface area contributed by atoms with Crippen LogP contribution >= 0.6 is 0 Å². The van der Waals surface area contributed by atoms with Crippen LogP contribution in [0.1, 0.15) is 5.56 Å². The van der Waals surface area contributed by atoms with Crippen LogP contribution in [0.15, 0.2) is 24.5 Å². The maximum atomic E-state index is 11.6. The molecule has 0 fully saturated rings. The number of aromatic hydroxyl groups is 1. The molecular formula is C10H11N5O2. The first-order valence-corrected chi connectivity index (χ1v) is 4.95. The minimum atomic E-state index is -0.263. The van der Waals surface area contributed by atoms with Gasteiger partial charge in [0.25, 0.3) is 0 Å². The van der Waals surface area contributed by atoms with Crippen molar-refractivity contribution in [1.29, 1.82) is 0 Å². The highest BCUT2D eigenvalue weighted by Gasteiger charge is 2.05. The fraction of sp³-hybridized carbons (Fsp3) is 0.200. The summed E-state index contributed by atoms with van der Waals surface area (Å²) in [5, 5.41) is 22.5. The summed E-state index contributed by atoms with van der Waals surface area (Å²) >= 11 is 0. The second-order valence-corrected chi connectivity index (χ2v) is 3.56. The Morgan fingerprint density at radius 1 is 1.53 bits per heavy atom. The van der Waals surface area contributed by atoms with E-state index >= 15 is 0 Å². The zero-order valence-electron chi connectivity index (χ0n) is 9.16. The van der Waals surface area contributed by atoms with Crippen molar-refractivity contribution in [3.05, 3.63) is 30.1 Å². The fourth-order valence-electron chi connectivity index (χ4n) is 1.29. The topological polar surface area (TPSA) is 92.9 Å². The van der Waals surface area contributed by atoms with E-state index in [0.29, 0.717) is 5.69 Å². The number of amides is 1. The predicted molar refractivity (Wildman–Crippen MR) is 59.3 cm³/mol. The quantitative estimate of drug-likeness (QED) is 0.796. The molecule has 0 saturated heterocycles. The van der Waals surface area contributed by atoms with Crippen molar-refractivity contribution in [2.45, 2.75) is 13.5 Å². The second kappa shape index (κ2) is 4.60. The molecule has 7 heteroatoms. The van der Waals surface area contributed by atoms with Crippen LogP contribution in [0.25, 0.3) is 0 Å². The first-order valence-electron chi connectivity index (χ1n) is 4.95. The van der Waals surface area contributed by atoms with Gasteiger partial charge in [0.1, 0.15) is 18.6 Å². The molecule has 1 heterocycles. The predicted octanol–water partition coefficient (Wildman–Crippen LogP) is 0.326. The summed E-state index contributed by atoms with van der Waals surface area (Å²) in [5.41, 5.74) is 1.29. The van der Waals surface area contributed by atoms with Crippen molar-refractivity contribution in [3.63, 3.8) is 0 Å². The van der Waals surface area contributed by atoms with E-state index in [0.717, 1.165) is 5.56 Å². The molecule has 0 aliphatic carbocycles. The van der Waals surface area contributed by atoms with Crippen molar-refractivity contribution < 1.29 is 9.90 Å². The van der Waals surface area contributed by atoms with E-state index in [2.05, 4.69) is 20.8 Å². The van der Waals surface area contributed by atoms with Crippen molar-refractivity contribution in [2.75, 3.05) is 5.32 Å². The van der Waals surface area contributed by atoms with Crippen LogP contribution in [-0.4, -0.2) is 31.2 Å². The maximum Gasteiger partial charge on any atom is 0.246 e. The lowest BCUT2D eigenvalue weighted by Crippen LogP contribution is -2.19. The van der Waals surface area contributed by atoms with Crippen molar-refractivity contribution in [1.82, 2.24) is 20.2 Å². The van der Waals surface area contributed by atoms with Gasteiger partial charge in [-0.1, -0.05) is 6.07 Å². The highest BCUT2D eigenvalue weighted by Crippen LogP contribution is 2.20. The molecule has 0 atom stereocenters. The number of aryl methyl sites for hydroxylation is 1. The highest BCUT2D eigenvalue weighted by molar-refractivity contribution is 5.90. The average molecular weight is 233 g/mol. The number of aromatic nitrogens is 4. The third-order valence-electron chi connectivity index (χ3n) is 2.19. The Morgan fingerprint density at radius 2 is 2.35 bits per heavy atom. The molecule has 0 aliphatic rings. The number of nitrogens with one attached hydrogen (secondary N) is 1. The zero-order chi connectivity index (χ0) is 12.3. The van der Waals surface area contributed by atoms with Gasteiger partial charge in [-0.2, -0.15) is 0 Å². The smallest absolute Gasteiger partial charge is 0.246 e. The van der Waals surface area contributed by atoms with E-state index in [-0.39, 0.29) is 18.2 Å². The Hall–Kier alpha value is -2.44. The normalized spacial score (nSPS) is 10.2. The molecule has 0 bridgehead atoms. The molecule has 7 nitrogen and oxygen atoms in total. The molecule has 1 amide bonds. The molecule has 0 unspecified atom stereocenters. The Balaban J connectivity index is 2.00. The molecule has 0 aliphatic heterocycles. The van der Waals surface area contributed by atoms with E-state index in [1.807, 2.05) is 0 Å². The number of hydrogen-bond donors (Lipinski definition) is 2. The molecule has 1 aromatic heterocycles. The van der Waals surface area contributed by atoms with Gasteiger partial charge in [0, 0.05) is 11.8 Å². The third kappa shape index (κ3) is 2.77. The number of carbonyl (C=O) groups excluding carboxylic acids is 1. The first kappa shape index (κ1) is 11.1. The number of carbonyl (C=O) groups is 1. The molecule has 0 spiro atoms. The molecule has 2 N–H and O–H groups in total. The molecule has 88 valence electrons. The standard InChI is InChI=1S/C10H11N5O2/c1-7-2-3-8(4-9(7)16)12-10(17)5-15-6-11-13-14-15/h2-4,6,16H,5H2,1H3,(H,12,17). The highest BCUT2D eigenvalue weighted by atomic mass is 16.3. The fourth-order valence-corrected chi connectivity index (χ4v) is 1.29. The minimum absolute atomic E-state index is 0.0294. The molecule has 2 aromatic rings.